The maximum atomic E-state index is 5.94. The quantitative estimate of drug-likeness (QED) is 0.599. The maximum absolute atomic E-state index is 5.94. The molecule has 1 aromatic carbocycles. The Bertz CT molecular complexity index is 322. The molecule has 0 aliphatic rings. The van der Waals surface area contributed by atoms with Gasteiger partial charge in [0.1, 0.15) is 0 Å². The molecule has 4 N–H and O–H groups in total. The number of anilines is 2. The topological polar surface area (TPSA) is 52.0 Å². The van der Waals surface area contributed by atoms with Crippen LogP contribution in [-0.4, -0.2) is 0 Å². The fraction of sp³-hybridized carbons (Fsp3) is 0.455. The minimum atomic E-state index is 0.0591. The molecule has 0 unspecified atom stereocenters. The van der Waals surface area contributed by atoms with Gasteiger partial charge in [-0.3, -0.25) is 0 Å². The summed E-state index contributed by atoms with van der Waals surface area (Å²) in [6.07, 6.45) is 0. The summed E-state index contributed by atoms with van der Waals surface area (Å²) in [7, 11) is 0. The van der Waals surface area contributed by atoms with Gasteiger partial charge < -0.3 is 11.5 Å². The summed E-state index contributed by atoms with van der Waals surface area (Å²) >= 11 is 0. The molecule has 0 heterocycles. The van der Waals surface area contributed by atoms with Crippen LogP contribution in [0.1, 0.15) is 31.9 Å². The van der Waals surface area contributed by atoms with E-state index in [1.807, 2.05) is 12.1 Å². The van der Waals surface area contributed by atoms with Crippen LogP contribution < -0.4 is 11.5 Å². The Kier molecular flexibility index (Phi) is 2.24. The first kappa shape index (κ1) is 9.90. The molecule has 1 aromatic rings. The third kappa shape index (κ3) is 1.77. The molecule has 0 spiro atoms. The van der Waals surface area contributed by atoms with E-state index >= 15 is 0 Å². The first-order valence-corrected chi connectivity index (χ1v) is 4.49. The monoisotopic (exact) mass is 178 g/mol. The molecule has 0 amide bonds. The van der Waals surface area contributed by atoms with Crippen LogP contribution in [0.4, 0.5) is 11.4 Å². The SMILES string of the molecule is Cc1ccc(N)c(N)c1C(C)(C)C. The normalized spacial score (nSPS) is 11.7. The molecule has 13 heavy (non-hydrogen) atoms. The van der Waals surface area contributed by atoms with Crippen LogP contribution in [0, 0.1) is 6.92 Å². The molecule has 72 valence electrons. The lowest BCUT2D eigenvalue weighted by Gasteiger charge is -2.24. The van der Waals surface area contributed by atoms with E-state index in [4.69, 9.17) is 11.5 Å². The average Bonchev–Trinajstić information content (AvgIpc) is 1.95. The highest BCUT2D eigenvalue weighted by Crippen LogP contribution is 2.33. The van der Waals surface area contributed by atoms with E-state index in [-0.39, 0.29) is 5.41 Å². The molecule has 2 nitrogen and oxygen atoms in total. The molecule has 2 heteroatoms. The number of benzene rings is 1. The Balaban J connectivity index is 3.43. The van der Waals surface area contributed by atoms with Crippen molar-refractivity contribution < 1.29 is 0 Å². The van der Waals surface area contributed by atoms with E-state index in [1.54, 1.807) is 0 Å². The summed E-state index contributed by atoms with van der Waals surface area (Å²) < 4.78 is 0. The Morgan fingerprint density at radius 3 is 2.00 bits per heavy atom. The van der Waals surface area contributed by atoms with Gasteiger partial charge in [0, 0.05) is 0 Å². The zero-order valence-corrected chi connectivity index (χ0v) is 8.81. The van der Waals surface area contributed by atoms with Crippen LogP contribution in [0.2, 0.25) is 0 Å². The molecule has 0 radical (unpaired) electrons. The number of hydrogen-bond donors (Lipinski definition) is 2. The van der Waals surface area contributed by atoms with Gasteiger partial charge in [-0.2, -0.15) is 0 Å². The van der Waals surface area contributed by atoms with Gasteiger partial charge in [-0.15, -0.1) is 0 Å². The summed E-state index contributed by atoms with van der Waals surface area (Å²) in [5.41, 5.74) is 15.5. The number of rotatable bonds is 0. The lowest BCUT2D eigenvalue weighted by atomic mass is 9.82. The molecule has 0 aliphatic heterocycles. The summed E-state index contributed by atoms with van der Waals surface area (Å²) in [5, 5.41) is 0. The van der Waals surface area contributed by atoms with Crippen LogP contribution in [0.15, 0.2) is 12.1 Å². The molecule has 0 aromatic heterocycles. The number of nitrogen functional groups attached to an aromatic ring is 2. The largest absolute Gasteiger partial charge is 0.397 e. The van der Waals surface area contributed by atoms with Gasteiger partial charge in [-0.25, -0.2) is 0 Å². The number of aryl methyl sites for hydroxylation is 1. The van der Waals surface area contributed by atoms with E-state index in [0.29, 0.717) is 5.69 Å². The predicted molar refractivity (Wildman–Crippen MR) is 58.7 cm³/mol. The summed E-state index contributed by atoms with van der Waals surface area (Å²) in [5.74, 6) is 0. The lowest BCUT2D eigenvalue weighted by Crippen LogP contribution is -2.16. The molecule has 0 atom stereocenters. The van der Waals surface area contributed by atoms with E-state index in [9.17, 15) is 0 Å². The average molecular weight is 178 g/mol. The van der Waals surface area contributed by atoms with Gasteiger partial charge in [-0.1, -0.05) is 26.8 Å². The van der Waals surface area contributed by atoms with Crippen molar-refractivity contribution in [3.8, 4) is 0 Å². The second-order valence-corrected chi connectivity index (χ2v) is 4.51. The molecular weight excluding hydrogens is 160 g/mol. The predicted octanol–water partition coefficient (Wildman–Crippen LogP) is 2.46. The molecule has 0 bridgehead atoms. The summed E-state index contributed by atoms with van der Waals surface area (Å²) in [4.78, 5) is 0. The third-order valence-electron chi connectivity index (χ3n) is 2.24. The van der Waals surface area contributed by atoms with E-state index < -0.39 is 0 Å². The molecular formula is C11H18N2. The molecule has 1 rings (SSSR count). The summed E-state index contributed by atoms with van der Waals surface area (Å²) in [6.45, 7) is 8.50. The fourth-order valence-electron chi connectivity index (χ4n) is 1.74. The van der Waals surface area contributed by atoms with Gasteiger partial charge in [0.15, 0.2) is 0 Å². The highest BCUT2D eigenvalue weighted by molar-refractivity contribution is 5.70. The molecule has 0 fully saturated rings. The van der Waals surface area contributed by atoms with Gasteiger partial charge in [0.25, 0.3) is 0 Å². The van der Waals surface area contributed by atoms with E-state index in [0.717, 1.165) is 11.3 Å². The zero-order chi connectivity index (χ0) is 10.2. The second-order valence-electron chi connectivity index (χ2n) is 4.51. The first-order valence-electron chi connectivity index (χ1n) is 4.49. The van der Waals surface area contributed by atoms with Crippen molar-refractivity contribution in [2.75, 3.05) is 11.5 Å². The van der Waals surface area contributed by atoms with Gasteiger partial charge in [0.2, 0.25) is 0 Å². The van der Waals surface area contributed by atoms with Crippen molar-refractivity contribution in [2.24, 2.45) is 0 Å². The number of nitrogens with two attached hydrogens (primary N) is 2. The Labute approximate surface area is 79.9 Å². The Morgan fingerprint density at radius 2 is 1.62 bits per heavy atom. The minimum Gasteiger partial charge on any atom is -0.397 e. The van der Waals surface area contributed by atoms with Crippen LogP contribution in [-0.2, 0) is 5.41 Å². The summed E-state index contributed by atoms with van der Waals surface area (Å²) in [6, 6.07) is 3.88. The highest BCUT2D eigenvalue weighted by Gasteiger charge is 2.20. The smallest absolute Gasteiger partial charge is 0.0588 e. The minimum absolute atomic E-state index is 0.0591. The Morgan fingerprint density at radius 1 is 1.08 bits per heavy atom. The van der Waals surface area contributed by atoms with Crippen molar-refractivity contribution in [3.63, 3.8) is 0 Å². The lowest BCUT2D eigenvalue weighted by molar-refractivity contribution is 0.589. The van der Waals surface area contributed by atoms with Gasteiger partial charge in [-0.05, 0) is 29.5 Å². The van der Waals surface area contributed by atoms with E-state index in [2.05, 4.69) is 27.7 Å². The van der Waals surface area contributed by atoms with Crippen molar-refractivity contribution in [1.82, 2.24) is 0 Å². The molecule has 0 saturated heterocycles. The fourth-order valence-corrected chi connectivity index (χ4v) is 1.74. The van der Waals surface area contributed by atoms with Crippen LogP contribution in [0.3, 0.4) is 0 Å². The van der Waals surface area contributed by atoms with Crippen molar-refractivity contribution in [1.29, 1.82) is 0 Å². The Hall–Kier alpha value is -1.18. The van der Waals surface area contributed by atoms with Crippen LogP contribution >= 0.6 is 0 Å². The third-order valence-corrected chi connectivity index (χ3v) is 2.24. The van der Waals surface area contributed by atoms with E-state index in [1.165, 1.54) is 5.56 Å². The first-order chi connectivity index (χ1) is 5.84. The van der Waals surface area contributed by atoms with Crippen LogP contribution in [0.25, 0.3) is 0 Å². The maximum Gasteiger partial charge on any atom is 0.0588 e. The van der Waals surface area contributed by atoms with Crippen molar-refractivity contribution in [3.05, 3.63) is 23.3 Å². The molecule has 0 saturated carbocycles. The van der Waals surface area contributed by atoms with Crippen molar-refractivity contribution in [2.45, 2.75) is 33.1 Å². The molecule has 0 aliphatic carbocycles. The van der Waals surface area contributed by atoms with Gasteiger partial charge >= 0.3 is 0 Å². The van der Waals surface area contributed by atoms with Crippen LogP contribution in [0.5, 0.6) is 0 Å². The number of hydrogen-bond acceptors (Lipinski definition) is 2. The zero-order valence-electron chi connectivity index (χ0n) is 8.81. The van der Waals surface area contributed by atoms with Gasteiger partial charge in [0.05, 0.1) is 11.4 Å². The highest BCUT2D eigenvalue weighted by atomic mass is 14.7. The van der Waals surface area contributed by atoms with Crippen molar-refractivity contribution >= 4 is 11.4 Å². The standard InChI is InChI=1S/C11H18N2/c1-7-5-6-8(12)10(13)9(7)11(2,3)4/h5-6H,12-13H2,1-4H3. The second kappa shape index (κ2) is 2.95.